The van der Waals surface area contributed by atoms with E-state index in [2.05, 4.69) is 14.7 Å². The lowest BCUT2D eigenvalue weighted by Gasteiger charge is -2.17. The average molecular weight is 257 g/mol. The number of hydrogen-bond acceptors (Lipinski definition) is 5. The minimum absolute atomic E-state index is 0.00510. The Hall–Kier alpha value is -1.17. The molecule has 0 aliphatic rings. The highest BCUT2D eigenvalue weighted by Gasteiger charge is 2.24. The number of aromatic nitrogens is 2. The molecule has 1 rings (SSSR count). The Morgan fingerprint density at radius 3 is 2.35 bits per heavy atom. The molecular formula is C11H19N3O2S. The maximum absolute atomic E-state index is 11.0. The number of anilines is 1. The van der Waals surface area contributed by atoms with Crippen molar-refractivity contribution in [2.45, 2.75) is 46.1 Å². The van der Waals surface area contributed by atoms with E-state index in [4.69, 9.17) is 5.11 Å². The maximum Gasteiger partial charge on any atom is 0.326 e. The fourth-order valence-electron chi connectivity index (χ4n) is 1.23. The molecule has 0 aromatic carbocycles. The first kappa shape index (κ1) is 13.9. The molecule has 0 saturated heterocycles. The van der Waals surface area contributed by atoms with Crippen molar-refractivity contribution in [1.29, 1.82) is 0 Å². The molecule has 0 bridgehead atoms. The summed E-state index contributed by atoms with van der Waals surface area (Å²) in [5.41, 5.74) is -0.118. The molecule has 1 atom stereocenters. The second-order valence-electron chi connectivity index (χ2n) is 5.38. The first-order valence-electron chi connectivity index (χ1n) is 5.55. The first-order valence-corrected chi connectivity index (χ1v) is 6.32. The van der Waals surface area contributed by atoms with E-state index >= 15 is 0 Å². The Kier molecular flexibility index (Phi) is 4.08. The molecule has 0 spiro atoms. The second kappa shape index (κ2) is 5.00. The zero-order valence-corrected chi connectivity index (χ0v) is 11.6. The molecule has 17 heavy (non-hydrogen) atoms. The van der Waals surface area contributed by atoms with Crippen LogP contribution in [0.15, 0.2) is 0 Å². The monoisotopic (exact) mass is 257 g/mol. The van der Waals surface area contributed by atoms with Crippen molar-refractivity contribution in [3.05, 3.63) is 5.82 Å². The van der Waals surface area contributed by atoms with Gasteiger partial charge in [0.15, 0.2) is 0 Å². The van der Waals surface area contributed by atoms with Gasteiger partial charge in [-0.25, -0.2) is 9.78 Å². The van der Waals surface area contributed by atoms with E-state index < -0.39 is 12.0 Å². The fraction of sp³-hybridized carbons (Fsp3) is 0.727. The molecule has 0 fully saturated rings. The summed E-state index contributed by atoms with van der Waals surface area (Å²) in [5.74, 6) is -0.139. The second-order valence-corrected chi connectivity index (χ2v) is 6.13. The molecule has 0 unspecified atom stereocenters. The molecule has 1 aromatic heterocycles. The Bertz CT molecular complexity index is 396. The van der Waals surface area contributed by atoms with Gasteiger partial charge in [0.25, 0.3) is 0 Å². The number of carbonyl (C=O) groups is 1. The number of carboxylic acid groups (broad SMARTS) is 1. The Balaban J connectivity index is 2.81. The van der Waals surface area contributed by atoms with Crippen LogP contribution in [-0.2, 0) is 10.2 Å². The zero-order valence-electron chi connectivity index (χ0n) is 10.8. The van der Waals surface area contributed by atoms with Crippen molar-refractivity contribution in [2.24, 2.45) is 5.92 Å². The maximum atomic E-state index is 11.0. The van der Waals surface area contributed by atoms with Gasteiger partial charge >= 0.3 is 5.97 Å². The van der Waals surface area contributed by atoms with E-state index in [9.17, 15) is 4.79 Å². The van der Waals surface area contributed by atoms with Crippen molar-refractivity contribution in [3.63, 3.8) is 0 Å². The molecule has 1 heterocycles. The predicted octanol–water partition coefficient (Wildman–Crippen LogP) is 2.36. The van der Waals surface area contributed by atoms with Crippen LogP contribution in [0.5, 0.6) is 0 Å². The number of carboxylic acids is 1. The fourth-order valence-corrected chi connectivity index (χ4v) is 2.03. The van der Waals surface area contributed by atoms with Crippen LogP contribution in [-0.4, -0.2) is 26.5 Å². The van der Waals surface area contributed by atoms with E-state index in [1.807, 2.05) is 34.6 Å². The molecule has 1 aromatic rings. The van der Waals surface area contributed by atoms with Crippen LogP contribution in [0.25, 0.3) is 0 Å². The molecule has 0 saturated carbocycles. The molecular weight excluding hydrogens is 238 g/mol. The van der Waals surface area contributed by atoms with Gasteiger partial charge in [-0.1, -0.05) is 34.6 Å². The van der Waals surface area contributed by atoms with Crippen LogP contribution in [0.2, 0.25) is 0 Å². The minimum Gasteiger partial charge on any atom is -0.480 e. The third-order valence-electron chi connectivity index (χ3n) is 2.31. The Morgan fingerprint density at radius 1 is 1.41 bits per heavy atom. The van der Waals surface area contributed by atoms with Gasteiger partial charge in [0, 0.05) is 16.9 Å². The summed E-state index contributed by atoms with van der Waals surface area (Å²) >= 11 is 1.20. The van der Waals surface area contributed by atoms with Gasteiger partial charge in [0.2, 0.25) is 5.13 Å². The van der Waals surface area contributed by atoms with E-state index in [0.717, 1.165) is 5.82 Å². The average Bonchev–Trinajstić information content (AvgIpc) is 2.60. The lowest BCUT2D eigenvalue weighted by molar-refractivity contribution is -0.138. The van der Waals surface area contributed by atoms with Crippen molar-refractivity contribution in [1.82, 2.24) is 9.36 Å². The molecule has 5 nitrogen and oxygen atoms in total. The van der Waals surface area contributed by atoms with Gasteiger partial charge in [0.1, 0.15) is 11.9 Å². The molecule has 96 valence electrons. The van der Waals surface area contributed by atoms with Crippen molar-refractivity contribution in [3.8, 4) is 0 Å². The number of nitrogens with zero attached hydrogens (tertiary/aromatic N) is 2. The lowest BCUT2D eigenvalue weighted by Crippen LogP contribution is -2.34. The van der Waals surface area contributed by atoms with Crippen molar-refractivity contribution in [2.75, 3.05) is 5.32 Å². The van der Waals surface area contributed by atoms with Gasteiger partial charge in [-0.2, -0.15) is 4.37 Å². The smallest absolute Gasteiger partial charge is 0.326 e. The molecule has 6 heteroatoms. The minimum atomic E-state index is -0.868. The largest absolute Gasteiger partial charge is 0.480 e. The number of aliphatic carboxylic acids is 1. The summed E-state index contributed by atoms with van der Waals surface area (Å²) < 4.78 is 4.23. The third kappa shape index (κ3) is 3.66. The predicted molar refractivity (Wildman–Crippen MR) is 68.5 cm³/mol. The van der Waals surface area contributed by atoms with Crippen LogP contribution in [0.3, 0.4) is 0 Å². The zero-order chi connectivity index (χ0) is 13.2. The van der Waals surface area contributed by atoms with Gasteiger partial charge in [-0.15, -0.1) is 0 Å². The third-order valence-corrected chi connectivity index (χ3v) is 2.95. The van der Waals surface area contributed by atoms with Gasteiger partial charge in [-0.05, 0) is 5.92 Å². The van der Waals surface area contributed by atoms with Crippen LogP contribution >= 0.6 is 11.5 Å². The van der Waals surface area contributed by atoms with E-state index in [0.29, 0.717) is 5.13 Å². The van der Waals surface area contributed by atoms with Crippen LogP contribution < -0.4 is 5.32 Å². The highest BCUT2D eigenvalue weighted by atomic mass is 32.1. The summed E-state index contributed by atoms with van der Waals surface area (Å²) in [7, 11) is 0. The quantitative estimate of drug-likeness (QED) is 0.866. The summed E-state index contributed by atoms with van der Waals surface area (Å²) in [5, 5.41) is 12.5. The Labute approximate surface area is 105 Å². The van der Waals surface area contributed by atoms with Crippen LogP contribution in [0, 0.1) is 5.92 Å². The molecule has 0 radical (unpaired) electrons. The number of hydrogen-bond donors (Lipinski definition) is 2. The van der Waals surface area contributed by atoms with Crippen LogP contribution in [0.4, 0.5) is 5.13 Å². The Morgan fingerprint density at radius 2 is 2.00 bits per heavy atom. The van der Waals surface area contributed by atoms with Crippen molar-refractivity contribution < 1.29 is 9.90 Å². The standard InChI is InChI=1S/C11H19N3O2S/c1-6(2)7(8(15)16)12-10-13-9(14-17-10)11(3,4)5/h6-7H,1-5H3,(H,15,16)(H,12,13,14)/t7-/m0/s1. The molecule has 0 amide bonds. The highest BCUT2D eigenvalue weighted by molar-refractivity contribution is 7.09. The molecule has 0 aliphatic carbocycles. The normalized spacial score (nSPS) is 13.8. The van der Waals surface area contributed by atoms with Crippen molar-refractivity contribution >= 4 is 22.6 Å². The van der Waals surface area contributed by atoms with E-state index in [-0.39, 0.29) is 11.3 Å². The topological polar surface area (TPSA) is 75.1 Å². The number of rotatable bonds is 4. The van der Waals surface area contributed by atoms with Crippen LogP contribution in [0.1, 0.15) is 40.4 Å². The van der Waals surface area contributed by atoms with Gasteiger partial charge < -0.3 is 10.4 Å². The summed E-state index contributed by atoms with van der Waals surface area (Å²) in [6.45, 7) is 9.79. The lowest BCUT2D eigenvalue weighted by atomic mass is 9.96. The summed E-state index contributed by atoms with van der Waals surface area (Å²) in [4.78, 5) is 15.4. The summed E-state index contributed by atoms with van der Waals surface area (Å²) in [6, 6.07) is -0.629. The van der Waals surface area contributed by atoms with Gasteiger partial charge in [-0.3, -0.25) is 0 Å². The summed E-state index contributed by atoms with van der Waals surface area (Å²) in [6.07, 6.45) is 0. The van der Waals surface area contributed by atoms with E-state index in [1.165, 1.54) is 11.5 Å². The SMILES string of the molecule is CC(C)[C@H](Nc1nc(C(C)(C)C)ns1)C(=O)O. The molecule has 0 aliphatic heterocycles. The van der Waals surface area contributed by atoms with Gasteiger partial charge in [0.05, 0.1) is 0 Å². The van der Waals surface area contributed by atoms with E-state index in [1.54, 1.807) is 0 Å². The molecule has 2 N–H and O–H groups in total. The number of nitrogens with one attached hydrogen (secondary N) is 1. The highest BCUT2D eigenvalue weighted by Crippen LogP contribution is 2.24. The first-order chi connectivity index (χ1) is 7.71.